The number of anilines is 1. The van der Waals surface area contributed by atoms with Crippen molar-refractivity contribution in [1.82, 2.24) is 10.2 Å². The molecule has 0 aliphatic carbocycles. The van der Waals surface area contributed by atoms with Crippen LogP contribution in [0.2, 0.25) is 15.1 Å². The Labute approximate surface area is 244 Å². The maximum absolute atomic E-state index is 14.0. The molecule has 0 heterocycles. The average Bonchev–Trinajstić information content (AvgIpc) is 2.90. The number of halogens is 3. The molecule has 0 fully saturated rings. The molecule has 1 N–H and O–H groups in total. The summed E-state index contributed by atoms with van der Waals surface area (Å²) >= 11 is 18.8. The van der Waals surface area contributed by atoms with E-state index in [1.54, 1.807) is 75.4 Å². The summed E-state index contributed by atoms with van der Waals surface area (Å²) in [5, 5.41) is 3.87. The molecule has 0 saturated carbocycles. The van der Waals surface area contributed by atoms with Crippen molar-refractivity contribution < 1.29 is 18.0 Å². The molecule has 0 aliphatic rings. The summed E-state index contributed by atoms with van der Waals surface area (Å²) in [6.45, 7) is 5.02. The lowest BCUT2D eigenvalue weighted by atomic mass is 10.1. The fourth-order valence-electron chi connectivity index (χ4n) is 4.14. The minimum Gasteiger partial charge on any atom is -0.355 e. The van der Waals surface area contributed by atoms with Gasteiger partial charge in [-0.15, -0.1) is 0 Å². The number of carbonyl (C=O) groups is 2. The molecule has 0 unspecified atom stereocenters. The molecular formula is C28H30Cl3N3O4S. The zero-order chi connectivity index (χ0) is 28.7. The van der Waals surface area contributed by atoms with Gasteiger partial charge in [-0.3, -0.25) is 13.9 Å². The Balaban J connectivity index is 2.11. The third kappa shape index (κ3) is 7.25. The van der Waals surface area contributed by atoms with Gasteiger partial charge in [-0.25, -0.2) is 8.42 Å². The fourth-order valence-corrected chi connectivity index (χ4v) is 6.27. The van der Waals surface area contributed by atoms with Crippen LogP contribution in [0.3, 0.4) is 0 Å². The van der Waals surface area contributed by atoms with Gasteiger partial charge in [-0.05, 0) is 67.8 Å². The Morgan fingerprint density at radius 1 is 0.923 bits per heavy atom. The molecule has 0 saturated heterocycles. The lowest BCUT2D eigenvalue weighted by Crippen LogP contribution is -2.52. The minimum atomic E-state index is -4.19. The second-order valence-corrected chi connectivity index (χ2v) is 11.9. The Kier molecular flexibility index (Phi) is 10.7. The van der Waals surface area contributed by atoms with E-state index in [2.05, 4.69) is 5.32 Å². The van der Waals surface area contributed by atoms with Crippen LogP contribution in [0.4, 0.5) is 5.69 Å². The van der Waals surface area contributed by atoms with Crippen LogP contribution < -0.4 is 9.62 Å². The molecule has 39 heavy (non-hydrogen) atoms. The number of carbonyl (C=O) groups excluding carboxylic acids is 2. The summed E-state index contributed by atoms with van der Waals surface area (Å²) in [4.78, 5) is 28.4. The second kappa shape index (κ2) is 13.5. The van der Waals surface area contributed by atoms with Crippen LogP contribution in [0.25, 0.3) is 0 Å². The first-order chi connectivity index (χ1) is 18.5. The summed E-state index contributed by atoms with van der Waals surface area (Å²) < 4.78 is 28.8. The number of hydrogen-bond donors (Lipinski definition) is 1. The lowest BCUT2D eigenvalue weighted by Gasteiger charge is -2.33. The van der Waals surface area contributed by atoms with E-state index in [9.17, 15) is 18.0 Å². The molecular weight excluding hydrogens is 581 g/mol. The SMILES string of the molecule is CCNC(=O)[C@@H](CC)N(Cc1ccc(Cl)cc1Cl)C(=O)CN(c1cccc(Cl)c1C)S(=O)(=O)c1ccccc1. The van der Waals surface area contributed by atoms with Crippen LogP contribution in [-0.4, -0.2) is 44.3 Å². The molecule has 3 aromatic rings. The number of rotatable bonds is 11. The molecule has 208 valence electrons. The van der Waals surface area contributed by atoms with E-state index in [1.807, 2.05) is 0 Å². The Morgan fingerprint density at radius 2 is 1.62 bits per heavy atom. The first kappa shape index (κ1) is 30.8. The third-order valence-corrected chi connectivity index (χ3v) is 8.98. The second-order valence-electron chi connectivity index (χ2n) is 8.78. The molecule has 0 aliphatic heterocycles. The van der Waals surface area contributed by atoms with Gasteiger partial charge < -0.3 is 10.2 Å². The Morgan fingerprint density at radius 3 is 2.23 bits per heavy atom. The number of nitrogens with one attached hydrogen (secondary N) is 1. The highest BCUT2D eigenvalue weighted by Crippen LogP contribution is 2.31. The van der Waals surface area contributed by atoms with E-state index in [4.69, 9.17) is 34.8 Å². The summed E-state index contributed by atoms with van der Waals surface area (Å²) in [5.41, 5.74) is 1.32. The van der Waals surface area contributed by atoms with E-state index in [0.29, 0.717) is 39.2 Å². The third-order valence-electron chi connectivity index (χ3n) is 6.21. The van der Waals surface area contributed by atoms with Crippen molar-refractivity contribution in [2.75, 3.05) is 17.4 Å². The molecule has 0 bridgehead atoms. The van der Waals surface area contributed by atoms with Gasteiger partial charge in [0.25, 0.3) is 10.0 Å². The van der Waals surface area contributed by atoms with Gasteiger partial charge in [0.15, 0.2) is 0 Å². The van der Waals surface area contributed by atoms with Crippen LogP contribution in [0.15, 0.2) is 71.6 Å². The summed E-state index contributed by atoms with van der Waals surface area (Å²) in [6.07, 6.45) is 0.296. The van der Waals surface area contributed by atoms with Gasteiger partial charge in [0.1, 0.15) is 12.6 Å². The van der Waals surface area contributed by atoms with Gasteiger partial charge in [-0.1, -0.05) is 72.1 Å². The molecule has 0 radical (unpaired) electrons. The monoisotopic (exact) mass is 609 g/mol. The smallest absolute Gasteiger partial charge is 0.264 e. The summed E-state index contributed by atoms with van der Waals surface area (Å²) in [5.74, 6) is -0.937. The topological polar surface area (TPSA) is 86.8 Å². The van der Waals surface area contributed by atoms with E-state index < -0.39 is 28.5 Å². The van der Waals surface area contributed by atoms with Crippen molar-refractivity contribution in [2.24, 2.45) is 0 Å². The Hall–Kier alpha value is -2.78. The maximum atomic E-state index is 14.0. The van der Waals surface area contributed by atoms with Gasteiger partial charge in [0, 0.05) is 28.2 Å². The molecule has 0 aromatic heterocycles. The molecule has 7 nitrogen and oxygen atoms in total. The van der Waals surface area contributed by atoms with E-state index >= 15 is 0 Å². The quantitative estimate of drug-likeness (QED) is 0.285. The highest BCUT2D eigenvalue weighted by molar-refractivity contribution is 7.92. The van der Waals surface area contributed by atoms with E-state index in [0.717, 1.165) is 4.31 Å². The van der Waals surface area contributed by atoms with E-state index in [1.165, 1.54) is 17.0 Å². The van der Waals surface area contributed by atoms with Gasteiger partial charge in [0.05, 0.1) is 10.6 Å². The predicted molar refractivity (Wildman–Crippen MR) is 157 cm³/mol. The number of hydrogen-bond acceptors (Lipinski definition) is 4. The number of sulfonamides is 1. The zero-order valence-electron chi connectivity index (χ0n) is 21.8. The molecule has 3 aromatic carbocycles. The van der Waals surface area contributed by atoms with Gasteiger partial charge in [0.2, 0.25) is 11.8 Å². The van der Waals surface area contributed by atoms with Crippen LogP contribution >= 0.6 is 34.8 Å². The number of amides is 2. The van der Waals surface area contributed by atoms with Crippen molar-refractivity contribution >= 4 is 62.3 Å². The lowest BCUT2D eigenvalue weighted by molar-refractivity contribution is -0.140. The average molecular weight is 611 g/mol. The standard InChI is InChI=1S/C28H30Cl3N3O4S/c1-4-25(28(36)32-5-2)33(17-20-14-15-21(29)16-24(20)31)27(35)18-34(26-13-9-12-23(30)19(26)3)39(37,38)22-10-7-6-8-11-22/h6-16,25H,4-5,17-18H2,1-3H3,(H,32,36)/t25-/m1/s1. The van der Waals surface area contributed by atoms with Crippen LogP contribution in [0.5, 0.6) is 0 Å². The molecule has 11 heteroatoms. The number of benzene rings is 3. The molecule has 1 atom stereocenters. The number of likely N-dealkylation sites (N-methyl/N-ethyl adjacent to an activating group) is 1. The number of nitrogens with zero attached hydrogens (tertiary/aromatic N) is 2. The molecule has 2 amide bonds. The van der Waals surface area contributed by atoms with Crippen molar-refractivity contribution in [1.29, 1.82) is 0 Å². The zero-order valence-corrected chi connectivity index (χ0v) is 24.9. The Bertz CT molecular complexity index is 1440. The van der Waals surface area contributed by atoms with Crippen LogP contribution in [0, 0.1) is 6.92 Å². The van der Waals surface area contributed by atoms with Crippen molar-refractivity contribution in [3.05, 3.63) is 92.9 Å². The highest BCUT2D eigenvalue weighted by atomic mass is 35.5. The molecule has 0 spiro atoms. The minimum absolute atomic E-state index is 0.0141. The van der Waals surface area contributed by atoms with Crippen molar-refractivity contribution in [3.63, 3.8) is 0 Å². The predicted octanol–water partition coefficient (Wildman–Crippen LogP) is 6.09. The first-order valence-corrected chi connectivity index (χ1v) is 14.9. The van der Waals surface area contributed by atoms with Crippen molar-refractivity contribution in [2.45, 2.75) is 44.7 Å². The van der Waals surface area contributed by atoms with Gasteiger partial charge in [-0.2, -0.15) is 0 Å². The van der Waals surface area contributed by atoms with Crippen LogP contribution in [0.1, 0.15) is 31.4 Å². The largest absolute Gasteiger partial charge is 0.355 e. The first-order valence-electron chi connectivity index (χ1n) is 12.3. The van der Waals surface area contributed by atoms with E-state index in [-0.39, 0.29) is 23.0 Å². The van der Waals surface area contributed by atoms with Gasteiger partial charge >= 0.3 is 0 Å². The van der Waals surface area contributed by atoms with Crippen LogP contribution in [-0.2, 0) is 26.2 Å². The highest BCUT2D eigenvalue weighted by Gasteiger charge is 2.34. The fraction of sp³-hybridized carbons (Fsp3) is 0.286. The van der Waals surface area contributed by atoms with Crippen molar-refractivity contribution in [3.8, 4) is 0 Å². The molecule has 3 rings (SSSR count). The maximum Gasteiger partial charge on any atom is 0.264 e. The normalized spacial score (nSPS) is 12.1. The summed E-state index contributed by atoms with van der Waals surface area (Å²) in [7, 11) is -4.19. The summed E-state index contributed by atoms with van der Waals surface area (Å²) in [6, 6.07) is 16.7.